The van der Waals surface area contributed by atoms with E-state index in [0.29, 0.717) is 5.41 Å². The lowest BCUT2D eigenvalue weighted by molar-refractivity contribution is 0.176. The van der Waals surface area contributed by atoms with Gasteiger partial charge in [0.05, 0.1) is 0 Å². The van der Waals surface area contributed by atoms with Crippen molar-refractivity contribution in [3.63, 3.8) is 0 Å². The molecule has 0 spiro atoms. The molecule has 0 aromatic rings. The summed E-state index contributed by atoms with van der Waals surface area (Å²) in [4.78, 5) is 0. The largest absolute Gasteiger partial charge is 0.0654 e. The molecule has 2 unspecified atom stereocenters. The molecule has 1 aliphatic rings. The first-order chi connectivity index (χ1) is 5.64. The van der Waals surface area contributed by atoms with Gasteiger partial charge in [0, 0.05) is 0 Å². The summed E-state index contributed by atoms with van der Waals surface area (Å²) in [5, 5.41) is 0. The lowest BCUT2D eigenvalue weighted by atomic mass is 9.73. The Hall–Kier alpha value is 0. The topological polar surface area (TPSA) is 0 Å². The highest BCUT2D eigenvalue weighted by Gasteiger charge is 2.40. The van der Waals surface area contributed by atoms with E-state index in [1.54, 1.807) is 0 Å². The van der Waals surface area contributed by atoms with Crippen molar-refractivity contribution in [3.8, 4) is 0 Å². The van der Waals surface area contributed by atoms with E-state index in [0.717, 1.165) is 11.8 Å². The van der Waals surface area contributed by atoms with E-state index >= 15 is 0 Å². The van der Waals surface area contributed by atoms with Gasteiger partial charge in [-0.25, -0.2) is 0 Å². The number of hydrogen-bond acceptors (Lipinski definition) is 0. The fraction of sp³-hybridized carbons (Fsp3) is 1.00. The Kier molecular flexibility index (Phi) is 3.20. The Morgan fingerprint density at radius 3 is 2.50 bits per heavy atom. The quantitative estimate of drug-likeness (QED) is 0.591. The molecule has 1 rings (SSSR count). The summed E-state index contributed by atoms with van der Waals surface area (Å²) in [5.74, 6) is 1.98. The van der Waals surface area contributed by atoms with Crippen molar-refractivity contribution in [2.24, 2.45) is 17.3 Å². The van der Waals surface area contributed by atoms with Crippen LogP contribution in [0.25, 0.3) is 0 Å². The Labute approximate surface area is 77.7 Å². The second kappa shape index (κ2) is 3.81. The first-order valence-electron chi connectivity index (χ1n) is 5.64. The molecule has 0 aromatic carbocycles. The van der Waals surface area contributed by atoms with Crippen molar-refractivity contribution in [1.29, 1.82) is 0 Å². The van der Waals surface area contributed by atoms with Crippen LogP contribution in [0, 0.1) is 17.3 Å². The van der Waals surface area contributed by atoms with Crippen LogP contribution in [0.2, 0.25) is 0 Å². The summed E-state index contributed by atoms with van der Waals surface area (Å²) < 4.78 is 0. The maximum Gasteiger partial charge on any atom is -0.0295 e. The molecule has 0 saturated heterocycles. The van der Waals surface area contributed by atoms with Gasteiger partial charge in [0.1, 0.15) is 0 Å². The molecule has 0 radical (unpaired) electrons. The van der Waals surface area contributed by atoms with Gasteiger partial charge in [-0.2, -0.15) is 0 Å². The molecule has 1 saturated carbocycles. The second-order valence-corrected chi connectivity index (χ2v) is 4.93. The lowest BCUT2D eigenvalue weighted by Gasteiger charge is -2.32. The second-order valence-electron chi connectivity index (χ2n) is 4.93. The first kappa shape index (κ1) is 10.1. The van der Waals surface area contributed by atoms with Crippen LogP contribution >= 0.6 is 0 Å². The Morgan fingerprint density at radius 1 is 1.33 bits per heavy atom. The molecule has 0 N–H and O–H groups in total. The SMILES string of the molecule is CCCC1(C)CCC(C)[C@H]1CC. The van der Waals surface area contributed by atoms with Gasteiger partial charge < -0.3 is 0 Å². The smallest absolute Gasteiger partial charge is 0.0295 e. The van der Waals surface area contributed by atoms with Crippen LogP contribution in [0.5, 0.6) is 0 Å². The van der Waals surface area contributed by atoms with Crippen molar-refractivity contribution >= 4 is 0 Å². The van der Waals surface area contributed by atoms with Gasteiger partial charge in [-0.3, -0.25) is 0 Å². The maximum absolute atomic E-state index is 2.51. The molecular formula is C12H24. The zero-order chi connectivity index (χ0) is 9.19. The minimum absolute atomic E-state index is 0.683. The van der Waals surface area contributed by atoms with Crippen molar-refractivity contribution in [1.82, 2.24) is 0 Å². The minimum Gasteiger partial charge on any atom is -0.0654 e. The highest BCUT2D eigenvalue weighted by molar-refractivity contribution is 4.90. The standard InChI is InChI=1S/C12H24/c1-5-8-12(4)9-7-10(3)11(12)6-2/h10-11H,5-9H2,1-4H3/t10?,11-,12?/m1/s1. The van der Waals surface area contributed by atoms with E-state index in [4.69, 9.17) is 0 Å². The van der Waals surface area contributed by atoms with Gasteiger partial charge >= 0.3 is 0 Å². The molecule has 12 heavy (non-hydrogen) atoms. The highest BCUT2D eigenvalue weighted by atomic mass is 14.5. The van der Waals surface area contributed by atoms with Crippen molar-refractivity contribution in [2.75, 3.05) is 0 Å². The molecule has 72 valence electrons. The molecule has 0 aromatic heterocycles. The summed E-state index contributed by atoms with van der Waals surface area (Å²) in [6.07, 6.45) is 7.13. The molecule has 0 heterocycles. The molecule has 0 heteroatoms. The van der Waals surface area contributed by atoms with Crippen LogP contribution < -0.4 is 0 Å². The summed E-state index contributed by atoms with van der Waals surface area (Å²) in [6, 6.07) is 0. The molecule has 0 nitrogen and oxygen atoms in total. The zero-order valence-electron chi connectivity index (χ0n) is 9.19. The lowest BCUT2D eigenvalue weighted by Crippen LogP contribution is -2.23. The van der Waals surface area contributed by atoms with Crippen LogP contribution in [0.1, 0.15) is 59.8 Å². The maximum atomic E-state index is 2.51. The van der Waals surface area contributed by atoms with Crippen LogP contribution in [0.15, 0.2) is 0 Å². The predicted molar refractivity (Wildman–Crippen MR) is 55.2 cm³/mol. The molecule has 1 fully saturated rings. The van der Waals surface area contributed by atoms with Crippen LogP contribution in [-0.4, -0.2) is 0 Å². The summed E-state index contributed by atoms with van der Waals surface area (Å²) in [6.45, 7) is 9.63. The fourth-order valence-electron chi connectivity index (χ4n) is 3.41. The van der Waals surface area contributed by atoms with Crippen molar-refractivity contribution < 1.29 is 0 Å². The normalized spacial score (nSPS) is 42.0. The molecular weight excluding hydrogens is 144 g/mol. The molecule has 0 bridgehead atoms. The van der Waals surface area contributed by atoms with Gasteiger partial charge in [0.25, 0.3) is 0 Å². The molecule has 0 amide bonds. The fourth-order valence-corrected chi connectivity index (χ4v) is 3.41. The Morgan fingerprint density at radius 2 is 2.00 bits per heavy atom. The van der Waals surface area contributed by atoms with Crippen LogP contribution in [0.4, 0.5) is 0 Å². The third-order valence-corrected chi connectivity index (χ3v) is 4.01. The zero-order valence-corrected chi connectivity index (χ0v) is 9.19. The van der Waals surface area contributed by atoms with E-state index in [2.05, 4.69) is 27.7 Å². The summed E-state index contributed by atoms with van der Waals surface area (Å²) in [5.41, 5.74) is 0.683. The molecule has 0 aliphatic heterocycles. The predicted octanol–water partition coefficient (Wildman–Crippen LogP) is 4.25. The van der Waals surface area contributed by atoms with E-state index in [-0.39, 0.29) is 0 Å². The van der Waals surface area contributed by atoms with Crippen molar-refractivity contribution in [3.05, 3.63) is 0 Å². The summed E-state index contributed by atoms with van der Waals surface area (Å²) >= 11 is 0. The number of rotatable bonds is 3. The van der Waals surface area contributed by atoms with E-state index < -0.39 is 0 Å². The van der Waals surface area contributed by atoms with E-state index in [9.17, 15) is 0 Å². The van der Waals surface area contributed by atoms with Crippen LogP contribution in [-0.2, 0) is 0 Å². The van der Waals surface area contributed by atoms with E-state index in [1.165, 1.54) is 32.1 Å². The van der Waals surface area contributed by atoms with Gasteiger partial charge in [0.15, 0.2) is 0 Å². The van der Waals surface area contributed by atoms with Gasteiger partial charge in [0.2, 0.25) is 0 Å². The van der Waals surface area contributed by atoms with E-state index in [1.807, 2.05) is 0 Å². The third-order valence-electron chi connectivity index (χ3n) is 4.01. The average Bonchev–Trinajstić information content (AvgIpc) is 2.28. The van der Waals surface area contributed by atoms with Gasteiger partial charge in [-0.1, -0.05) is 40.5 Å². The monoisotopic (exact) mass is 168 g/mol. The van der Waals surface area contributed by atoms with Crippen LogP contribution in [0.3, 0.4) is 0 Å². The highest BCUT2D eigenvalue weighted by Crippen LogP contribution is 2.50. The Balaban J connectivity index is 2.63. The first-order valence-corrected chi connectivity index (χ1v) is 5.64. The number of hydrogen-bond donors (Lipinski definition) is 0. The molecule has 3 atom stereocenters. The van der Waals surface area contributed by atoms with Crippen molar-refractivity contribution in [2.45, 2.75) is 59.8 Å². The third kappa shape index (κ3) is 1.67. The van der Waals surface area contributed by atoms with Gasteiger partial charge in [-0.15, -0.1) is 0 Å². The van der Waals surface area contributed by atoms with Gasteiger partial charge in [-0.05, 0) is 36.5 Å². The summed E-state index contributed by atoms with van der Waals surface area (Å²) in [7, 11) is 0. The minimum atomic E-state index is 0.683. The Bertz CT molecular complexity index is 135. The molecule has 1 aliphatic carbocycles. The average molecular weight is 168 g/mol.